The second-order valence-electron chi connectivity index (χ2n) is 6.85. The number of carbonyl (C=O) groups is 2. The fraction of sp³-hybridized carbons (Fsp3) is 0.556. The van der Waals surface area contributed by atoms with Gasteiger partial charge in [0, 0.05) is 25.3 Å². The monoisotopic (exact) mass is 300 g/mol. The van der Waals surface area contributed by atoms with Gasteiger partial charge in [0.1, 0.15) is 0 Å². The van der Waals surface area contributed by atoms with E-state index in [1.807, 2.05) is 24.3 Å². The lowest BCUT2D eigenvalue weighted by molar-refractivity contribution is -0.146. The molecule has 4 nitrogen and oxygen atoms in total. The van der Waals surface area contributed by atoms with Gasteiger partial charge in [-0.2, -0.15) is 0 Å². The minimum atomic E-state index is -0.367. The lowest BCUT2D eigenvalue weighted by Gasteiger charge is -2.36. The highest BCUT2D eigenvalue weighted by Crippen LogP contribution is 2.28. The second kappa shape index (κ2) is 6.11. The molecule has 0 radical (unpaired) electrons. The molecule has 2 aliphatic heterocycles. The van der Waals surface area contributed by atoms with Gasteiger partial charge in [0.15, 0.2) is 0 Å². The fourth-order valence-corrected chi connectivity index (χ4v) is 3.82. The molecule has 118 valence electrons. The first kappa shape index (κ1) is 15.1. The van der Waals surface area contributed by atoms with E-state index in [0.717, 1.165) is 30.5 Å². The molecule has 0 saturated carbocycles. The smallest absolute Gasteiger partial charge is 0.316 e. The normalized spacial score (nSPS) is 24.8. The maximum Gasteiger partial charge on any atom is 0.316 e. The van der Waals surface area contributed by atoms with Crippen LogP contribution in [0.25, 0.3) is 0 Å². The summed E-state index contributed by atoms with van der Waals surface area (Å²) in [6, 6.07) is 7.91. The van der Waals surface area contributed by atoms with E-state index >= 15 is 0 Å². The Hall–Kier alpha value is -1.84. The van der Waals surface area contributed by atoms with Crippen molar-refractivity contribution in [1.29, 1.82) is 0 Å². The number of hydrogen-bond donors (Lipinski definition) is 0. The Kier molecular flexibility index (Phi) is 4.19. The predicted octanol–water partition coefficient (Wildman–Crippen LogP) is 2.47. The van der Waals surface area contributed by atoms with Crippen LogP contribution >= 0.6 is 0 Å². The fourth-order valence-electron chi connectivity index (χ4n) is 3.82. The Labute approximate surface area is 132 Å². The van der Waals surface area contributed by atoms with E-state index in [1.165, 1.54) is 0 Å². The number of rotatable bonds is 0. The van der Waals surface area contributed by atoms with Crippen LogP contribution in [0.15, 0.2) is 24.3 Å². The molecular weight excluding hydrogens is 276 g/mol. The zero-order valence-corrected chi connectivity index (χ0v) is 13.4. The number of para-hydroxylation sites is 1. The Morgan fingerprint density at radius 3 is 2.45 bits per heavy atom. The summed E-state index contributed by atoms with van der Waals surface area (Å²) in [7, 11) is 0. The molecule has 1 saturated heterocycles. The summed E-state index contributed by atoms with van der Waals surface area (Å²) >= 11 is 0. The molecule has 1 fully saturated rings. The highest BCUT2D eigenvalue weighted by Gasteiger charge is 2.33. The highest BCUT2D eigenvalue weighted by atomic mass is 16.2. The zero-order valence-electron chi connectivity index (χ0n) is 13.4. The van der Waals surface area contributed by atoms with E-state index in [0.29, 0.717) is 31.5 Å². The molecule has 2 heterocycles. The van der Waals surface area contributed by atoms with Crippen molar-refractivity contribution in [3.8, 4) is 0 Å². The van der Waals surface area contributed by atoms with E-state index in [2.05, 4.69) is 13.8 Å². The molecule has 2 aliphatic rings. The van der Waals surface area contributed by atoms with Crippen LogP contribution in [0.5, 0.6) is 0 Å². The first-order valence-corrected chi connectivity index (χ1v) is 8.25. The quantitative estimate of drug-likeness (QED) is 0.691. The van der Waals surface area contributed by atoms with Gasteiger partial charge in [0.25, 0.3) is 0 Å². The second-order valence-corrected chi connectivity index (χ2v) is 6.85. The maximum absolute atomic E-state index is 12.7. The van der Waals surface area contributed by atoms with Crippen molar-refractivity contribution in [2.75, 3.05) is 24.5 Å². The van der Waals surface area contributed by atoms with Crippen LogP contribution in [0.3, 0.4) is 0 Å². The third-order valence-electron chi connectivity index (χ3n) is 4.69. The molecule has 22 heavy (non-hydrogen) atoms. The van der Waals surface area contributed by atoms with Crippen LogP contribution in [0.2, 0.25) is 0 Å². The first-order valence-electron chi connectivity index (χ1n) is 8.25. The average molecular weight is 300 g/mol. The van der Waals surface area contributed by atoms with Crippen molar-refractivity contribution in [2.24, 2.45) is 11.8 Å². The van der Waals surface area contributed by atoms with Gasteiger partial charge in [0.2, 0.25) is 0 Å². The first-order chi connectivity index (χ1) is 10.6. The zero-order chi connectivity index (χ0) is 15.7. The molecule has 1 aromatic rings. The summed E-state index contributed by atoms with van der Waals surface area (Å²) < 4.78 is 0. The predicted molar refractivity (Wildman–Crippen MR) is 86.6 cm³/mol. The van der Waals surface area contributed by atoms with Crippen LogP contribution in [-0.4, -0.2) is 36.3 Å². The number of fused-ring (bicyclic) bond motifs is 1. The summed E-state index contributed by atoms with van der Waals surface area (Å²) in [5, 5.41) is 0. The number of amides is 2. The van der Waals surface area contributed by atoms with Crippen molar-refractivity contribution >= 4 is 17.5 Å². The summed E-state index contributed by atoms with van der Waals surface area (Å²) in [5.74, 6) is 0.229. The van der Waals surface area contributed by atoms with Gasteiger partial charge in [-0.3, -0.25) is 9.59 Å². The Balaban J connectivity index is 1.78. The largest absolute Gasteiger partial charge is 0.334 e. The van der Waals surface area contributed by atoms with Crippen LogP contribution in [0, 0.1) is 11.8 Å². The number of anilines is 1. The standard InChI is InChI=1S/C18H24N2O2/c1-13-10-14(2)12-19(11-13)17(21)18(22)20-9-5-7-15-6-3-4-8-16(15)20/h3-4,6,8,13-14H,5,7,9-12H2,1-2H3. The Bertz CT molecular complexity index is 574. The summed E-state index contributed by atoms with van der Waals surface area (Å²) in [6.45, 7) is 6.34. The lowest BCUT2D eigenvalue weighted by Crippen LogP contribution is -2.51. The number of benzene rings is 1. The molecule has 0 bridgehead atoms. The van der Waals surface area contributed by atoms with Crippen LogP contribution in [0.1, 0.15) is 32.3 Å². The van der Waals surface area contributed by atoms with Crippen molar-refractivity contribution in [2.45, 2.75) is 33.1 Å². The minimum Gasteiger partial charge on any atom is -0.334 e. The Morgan fingerprint density at radius 1 is 1.05 bits per heavy atom. The van der Waals surface area contributed by atoms with Crippen molar-refractivity contribution in [3.63, 3.8) is 0 Å². The van der Waals surface area contributed by atoms with Gasteiger partial charge >= 0.3 is 11.8 Å². The molecule has 2 amide bonds. The van der Waals surface area contributed by atoms with Crippen LogP contribution in [0.4, 0.5) is 5.69 Å². The molecule has 0 spiro atoms. The van der Waals surface area contributed by atoms with Gasteiger partial charge in [-0.25, -0.2) is 0 Å². The van der Waals surface area contributed by atoms with Crippen LogP contribution < -0.4 is 4.90 Å². The molecule has 1 aromatic carbocycles. The summed E-state index contributed by atoms with van der Waals surface area (Å²) in [6.07, 6.45) is 3.03. The average Bonchev–Trinajstić information content (AvgIpc) is 2.52. The molecule has 4 heteroatoms. The SMILES string of the molecule is CC1CC(C)CN(C(=O)C(=O)N2CCCc3ccccc32)C1. The summed E-state index contributed by atoms with van der Waals surface area (Å²) in [5.41, 5.74) is 2.07. The molecule has 0 N–H and O–H groups in total. The van der Waals surface area contributed by atoms with E-state index in [1.54, 1.807) is 9.80 Å². The van der Waals surface area contributed by atoms with Gasteiger partial charge in [-0.05, 0) is 42.7 Å². The third kappa shape index (κ3) is 2.87. The Morgan fingerprint density at radius 2 is 1.73 bits per heavy atom. The molecular formula is C18H24N2O2. The molecule has 3 rings (SSSR count). The van der Waals surface area contributed by atoms with Gasteiger partial charge in [-0.1, -0.05) is 32.0 Å². The lowest BCUT2D eigenvalue weighted by atomic mass is 9.92. The number of hydrogen-bond acceptors (Lipinski definition) is 2. The third-order valence-corrected chi connectivity index (χ3v) is 4.69. The number of piperidine rings is 1. The van der Waals surface area contributed by atoms with Gasteiger partial charge in [-0.15, -0.1) is 0 Å². The molecule has 2 unspecified atom stereocenters. The van der Waals surface area contributed by atoms with Crippen molar-refractivity contribution in [1.82, 2.24) is 4.90 Å². The van der Waals surface area contributed by atoms with Crippen molar-refractivity contribution in [3.05, 3.63) is 29.8 Å². The molecule has 2 atom stereocenters. The van der Waals surface area contributed by atoms with E-state index in [9.17, 15) is 9.59 Å². The number of nitrogens with zero attached hydrogens (tertiary/aromatic N) is 2. The van der Waals surface area contributed by atoms with E-state index < -0.39 is 0 Å². The maximum atomic E-state index is 12.7. The minimum absolute atomic E-state index is 0.338. The van der Waals surface area contributed by atoms with Crippen molar-refractivity contribution < 1.29 is 9.59 Å². The summed E-state index contributed by atoms with van der Waals surface area (Å²) in [4.78, 5) is 28.8. The van der Waals surface area contributed by atoms with Gasteiger partial charge in [0.05, 0.1) is 0 Å². The number of carbonyl (C=O) groups excluding carboxylic acids is 2. The number of likely N-dealkylation sites (tertiary alicyclic amines) is 1. The van der Waals surface area contributed by atoms with E-state index in [4.69, 9.17) is 0 Å². The van der Waals surface area contributed by atoms with Crippen LogP contribution in [-0.2, 0) is 16.0 Å². The molecule has 0 aromatic heterocycles. The molecule has 0 aliphatic carbocycles. The number of aryl methyl sites for hydroxylation is 1. The van der Waals surface area contributed by atoms with Gasteiger partial charge < -0.3 is 9.80 Å². The van der Waals surface area contributed by atoms with E-state index in [-0.39, 0.29) is 11.8 Å². The highest BCUT2D eigenvalue weighted by molar-refractivity contribution is 6.40. The topological polar surface area (TPSA) is 40.6 Å².